The number of fused-ring (bicyclic) bond motifs is 1. The van der Waals surface area contributed by atoms with Gasteiger partial charge in [0.15, 0.2) is 0 Å². The van der Waals surface area contributed by atoms with Crippen molar-refractivity contribution in [1.82, 2.24) is 4.90 Å². The van der Waals surface area contributed by atoms with Crippen LogP contribution in [0.15, 0.2) is 36.4 Å². The molecule has 1 atom stereocenters. The number of hydrogen-bond donors (Lipinski definition) is 0. The predicted octanol–water partition coefficient (Wildman–Crippen LogP) is 4.66. The topological polar surface area (TPSA) is 46.6 Å². The Hall–Kier alpha value is -2.10. The molecule has 0 aliphatic carbocycles. The molecule has 25 heavy (non-hydrogen) atoms. The van der Waals surface area contributed by atoms with E-state index in [2.05, 4.69) is 26.8 Å². The largest absolute Gasteiger partial charge is 0.463 e. The Labute approximate surface area is 150 Å². The molecular weight excluding hydrogens is 314 g/mol. The molecular formula is C21H29NO3. The fourth-order valence-corrected chi connectivity index (χ4v) is 3.42. The van der Waals surface area contributed by atoms with Crippen LogP contribution in [0, 0.1) is 0 Å². The lowest BCUT2D eigenvalue weighted by atomic mass is 9.97. The summed E-state index contributed by atoms with van der Waals surface area (Å²) in [6.07, 6.45) is 7.14. The van der Waals surface area contributed by atoms with Gasteiger partial charge < -0.3 is 9.64 Å². The van der Waals surface area contributed by atoms with Crippen molar-refractivity contribution in [2.75, 3.05) is 6.61 Å². The van der Waals surface area contributed by atoms with Crippen LogP contribution in [0.25, 0.3) is 0 Å². The molecule has 1 aliphatic rings. The van der Waals surface area contributed by atoms with Crippen molar-refractivity contribution in [2.24, 2.45) is 0 Å². The zero-order valence-electron chi connectivity index (χ0n) is 15.7. The van der Waals surface area contributed by atoms with Crippen molar-refractivity contribution in [3.05, 3.63) is 47.5 Å². The first-order valence-corrected chi connectivity index (χ1v) is 9.12. The van der Waals surface area contributed by atoms with Crippen molar-refractivity contribution in [2.45, 2.75) is 65.0 Å². The van der Waals surface area contributed by atoms with Gasteiger partial charge in [0.1, 0.15) is 0 Å². The highest BCUT2D eigenvalue weighted by molar-refractivity contribution is 5.99. The first-order chi connectivity index (χ1) is 11.9. The van der Waals surface area contributed by atoms with Gasteiger partial charge in [-0.2, -0.15) is 0 Å². The molecule has 1 aromatic rings. The molecule has 1 amide bonds. The standard InChI is InChI=1S/C21H29NO3/c1-5-25-19(23)15-9-7-6-8-14-18-16-12-10-11-13-17(16)20(24)22(18)21(2,3)4/h9-13,15,18H,5-8,14H2,1-4H3/b15-9+. The van der Waals surface area contributed by atoms with Crippen molar-refractivity contribution in [3.8, 4) is 0 Å². The number of ether oxygens (including phenoxy) is 1. The lowest BCUT2D eigenvalue weighted by molar-refractivity contribution is -0.137. The molecule has 2 rings (SSSR count). The summed E-state index contributed by atoms with van der Waals surface area (Å²) in [5, 5.41) is 0. The molecule has 0 aromatic heterocycles. The molecule has 1 aromatic carbocycles. The number of esters is 1. The van der Waals surface area contributed by atoms with Gasteiger partial charge in [-0.25, -0.2) is 4.79 Å². The van der Waals surface area contributed by atoms with Crippen molar-refractivity contribution >= 4 is 11.9 Å². The van der Waals surface area contributed by atoms with Gasteiger partial charge >= 0.3 is 5.97 Å². The molecule has 1 unspecified atom stereocenters. The number of amides is 1. The fraction of sp³-hybridized carbons (Fsp3) is 0.524. The lowest BCUT2D eigenvalue weighted by Gasteiger charge is -2.37. The monoisotopic (exact) mass is 343 g/mol. The van der Waals surface area contributed by atoms with Crippen molar-refractivity contribution < 1.29 is 14.3 Å². The Kier molecular flexibility index (Phi) is 6.40. The van der Waals surface area contributed by atoms with E-state index < -0.39 is 0 Å². The van der Waals surface area contributed by atoms with Crippen LogP contribution in [0.3, 0.4) is 0 Å². The highest BCUT2D eigenvalue weighted by Crippen LogP contribution is 2.41. The zero-order chi connectivity index (χ0) is 18.4. The summed E-state index contributed by atoms with van der Waals surface area (Å²) in [6.45, 7) is 8.47. The number of carbonyl (C=O) groups is 2. The number of hydrogen-bond acceptors (Lipinski definition) is 3. The molecule has 0 saturated heterocycles. The molecule has 0 fully saturated rings. The van der Waals surface area contributed by atoms with Crippen LogP contribution in [-0.2, 0) is 9.53 Å². The Morgan fingerprint density at radius 2 is 1.96 bits per heavy atom. The molecule has 0 bridgehead atoms. The van der Waals surface area contributed by atoms with E-state index in [1.165, 1.54) is 6.08 Å². The van der Waals surface area contributed by atoms with E-state index in [-0.39, 0.29) is 23.5 Å². The van der Waals surface area contributed by atoms with Gasteiger partial charge in [-0.15, -0.1) is 0 Å². The van der Waals surface area contributed by atoms with Crippen LogP contribution >= 0.6 is 0 Å². The lowest BCUT2D eigenvalue weighted by Crippen LogP contribution is -2.43. The number of carbonyl (C=O) groups excluding carboxylic acids is 2. The number of benzene rings is 1. The fourth-order valence-electron chi connectivity index (χ4n) is 3.42. The van der Waals surface area contributed by atoms with Gasteiger partial charge in [0, 0.05) is 17.2 Å². The van der Waals surface area contributed by atoms with E-state index in [9.17, 15) is 9.59 Å². The minimum atomic E-state index is -0.281. The Balaban J connectivity index is 1.95. The molecule has 4 heteroatoms. The first kappa shape index (κ1) is 19.2. The van der Waals surface area contributed by atoms with Crippen molar-refractivity contribution in [3.63, 3.8) is 0 Å². The van der Waals surface area contributed by atoms with E-state index in [0.29, 0.717) is 6.61 Å². The minimum Gasteiger partial charge on any atom is -0.463 e. The highest BCUT2D eigenvalue weighted by Gasteiger charge is 2.41. The van der Waals surface area contributed by atoms with E-state index in [1.807, 2.05) is 29.2 Å². The molecule has 1 aliphatic heterocycles. The van der Waals surface area contributed by atoms with Crippen LogP contribution in [0.2, 0.25) is 0 Å². The molecule has 136 valence electrons. The smallest absolute Gasteiger partial charge is 0.330 e. The van der Waals surface area contributed by atoms with Gasteiger partial charge in [-0.1, -0.05) is 30.7 Å². The third kappa shape index (κ3) is 4.71. The third-order valence-corrected chi connectivity index (χ3v) is 4.44. The second kappa shape index (κ2) is 8.32. The predicted molar refractivity (Wildman–Crippen MR) is 99.3 cm³/mol. The Morgan fingerprint density at radius 1 is 1.24 bits per heavy atom. The maximum atomic E-state index is 12.8. The van der Waals surface area contributed by atoms with E-state index >= 15 is 0 Å². The SMILES string of the molecule is CCOC(=O)/C=C/CCCCC1c2ccccc2C(=O)N1C(C)(C)C. The quantitative estimate of drug-likeness (QED) is 0.411. The average molecular weight is 343 g/mol. The van der Waals surface area contributed by atoms with Gasteiger partial charge in [-0.3, -0.25) is 4.79 Å². The number of nitrogens with zero attached hydrogens (tertiary/aromatic N) is 1. The maximum absolute atomic E-state index is 12.8. The number of unbranched alkanes of at least 4 members (excludes halogenated alkanes) is 2. The number of rotatable bonds is 7. The molecule has 0 spiro atoms. The molecule has 4 nitrogen and oxygen atoms in total. The summed E-state index contributed by atoms with van der Waals surface area (Å²) in [4.78, 5) is 26.1. The maximum Gasteiger partial charge on any atom is 0.330 e. The summed E-state index contributed by atoms with van der Waals surface area (Å²) < 4.78 is 4.86. The summed E-state index contributed by atoms with van der Waals surface area (Å²) >= 11 is 0. The summed E-state index contributed by atoms with van der Waals surface area (Å²) in [5.41, 5.74) is 1.78. The van der Waals surface area contributed by atoms with Crippen LogP contribution < -0.4 is 0 Å². The summed E-state index contributed by atoms with van der Waals surface area (Å²) in [6, 6.07) is 8.08. The van der Waals surface area contributed by atoms with Gasteiger partial charge in [0.05, 0.1) is 12.6 Å². The van der Waals surface area contributed by atoms with Crippen LogP contribution in [0.5, 0.6) is 0 Å². The Morgan fingerprint density at radius 3 is 2.64 bits per heavy atom. The van der Waals surface area contributed by atoms with E-state index in [0.717, 1.165) is 36.8 Å². The second-order valence-corrected chi connectivity index (χ2v) is 7.39. The van der Waals surface area contributed by atoms with Gasteiger partial charge in [0.25, 0.3) is 5.91 Å². The van der Waals surface area contributed by atoms with Crippen LogP contribution in [0.1, 0.15) is 75.3 Å². The molecule has 0 radical (unpaired) electrons. The average Bonchev–Trinajstić information content (AvgIpc) is 2.84. The van der Waals surface area contributed by atoms with Gasteiger partial charge in [0.2, 0.25) is 0 Å². The van der Waals surface area contributed by atoms with Crippen LogP contribution in [-0.4, -0.2) is 28.9 Å². The molecule has 0 N–H and O–H groups in total. The van der Waals surface area contributed by atoms with E-state index in [1.54, 1.807) is 6.92 Å². The first-order valence-electron chi connectivity index (χ1n) is 9.12. The zero-order valence-corrected chi connectivity index (χ0v) is 15.7. The Bertz CT molecular complexity index is 643. The summed E-state index contributed by atoms with van der Waals surface area (Å²) in [5.74, 6) is -0.146. The molecule has 0 saturated carbocycles. The normalized spacial score (nSPS) is 17.2. The minimum absolute atomic E-state index is 0.135. The molecule has 1 heterocycles. The third-order valence-electron chi connectivity index (χ3n) is 4.44. The second-order valence-electron chi connectivity index (χ2n) is 7.39. The number of allylic oxidation sites excluding steroid dienone is 1. The van der Waals surface area contributed by atoms with Crippen molar-refractivity contribution in [1.29, 1.82) is 0 Å². The highest BCUT2D eigenvalue weighted by atomic mass is 16.5. The van der Waals surface area contributed by atoms with Crippen LogP contribution in [0.4, 0.5) is 0 Å². The summed E-state index contributed by atoms with van der Waals surface area (Å²) in [7, 11) is 0. The van der Waals surface area contributed by atoms with E-state index in [4.69, 9.17) is 4.74 Å². The van der Waals surface area contributed by atoms with Gasteiger partial charge in [-0.05, 0) is 58.6 Å².